The van der Waals surface area contributed by atoms with E-state index in [0.717, 1.165) is 30.8 Å². The largest absolute Gasteiger partial charge is 0.355 e. The topological polar surface area (TPSA) is 32.3 Å². The molecule has 0 spiro atoms. The molecule has 0 bridgehead atoms. The molecule has 0 radical (unpaired) electrons. The fourth-order valence-electron chi connectivity index (χ4n) is 3.42. The van der Waals surface area contributed by atoms with Crippen LogP contribution in [-0.4, -0.2) is 47.1 Å². The molecular weight excluding hydrogens is 236 g/mol. The van der Waals surface area contributed by atoms with Crippen molar-refractivity contribution < 1.29 is 0 Å². The van der Waals surface area contributed by atoms with E-state index in [1.54, 1.807) is 0 Å². The zero-order chi connectivity index (χ0) is 13.1. The Morgan fingerprint density at radius 3 is 2.68 bits per heavy atom. The number of aryl methyl sites for hydroxylation is 1. The van der Waals surface area contributed by atoms with Crippen molar-refractivity contribution in [3.05, 3.63) is 18.1 Å². The van der Waals surface area contributed by atoms with Crippen LogP contribution in [-0.2, 0) is 0 Å². The van der Waals surface area contributed by atoms with E-state index < -0.39 is 0 Å². The maximum absolute atomic E-state index is 4.56. The first kappa shape index (κ1) is 12.9. The molecule has 4 heteroatoms. The molecule has 19 heavy (non-hydrogen) atoms. The summed E-state index contributed by atoms with van der Waals surface area (Å²) in [5.41, 5.74) is 0. The molecule has 1 aliphatic heterocycles. The van der Waals surface area contributed by atoms with Crippen molar-refractivity contribution in [2.24, 2.45) is 0 Å². The van der Waals surface area contributed by atoms with Gasteiger partial charge >= 0.3 is 0 Å². The number of rotatable bonds is 2. The summed E-state index contributed by atoms with van der Waals surface area (Å²) in [6.07, 6.45) is 8.79. The van der Waals surface area contributed by atoms with Crippen LogP contribution in [0.1, 0.15) is 37.9 Å². The molecule has 1 saturated carbocycles. The molecule has 0 atom stereocenters. The highest BCUT2D eigenvalue weighted by Crippen LogP contribution is 2.25. The molecule has 0 amide bonds. The summed E-state index contributed by atoms with van der Waals surface area (Å²) in [6, 6.07) is 2.89. The number of hydrogen-bond donors (Lipinski definition) is 0. The maximum atomic E-state index is 4.56. The Bertz CT molecular complexity index is 414. The van der Waals surface area contributed by atoms with Gasteiger partial charge < -0.3 is 4.90 Å². The summed E-state index contributed by atoms with van der Waals surface area (Å²) < 4.78 is 0. The zero-order valence-corrected chi connectivity index (χ0v) is 11.9. The van der Waals surface area contributed by atoms with Gasteiger partial charge in [0, 0.05) is 38.4 Å². The minimum absolute atomic E-state index is 0.854. The van der Waals surface area contributed by atoms with Gasteiger partial charge in [0.2, 0.25) is 0 Å². The third kappa shape index (κ3) is 3.06. The van der Waals surface area contributed by atoms with E-state index in [1.165, 1.54) is 45.2 Å². The molecule has 1 aromatic rings. The third-order valence-corrected chi connectivity index (χ3v) is 4.46. The highest BCUT2D eigenvalue weighted by molar-refractivity contribution is 5.37. The van der Waals surface area contributed by atoms with E-state index in [9.17, 15) is 0 Å². The zero-order valence-electron chi connectivity index (χ0n) is 11.9. The van der Waals surface area contributed by atoms with E-state index in [4.69, 9.17) is 0 Å². The average Bonchev–Trinajstić information content (AvgIpc) is 2.83. The van der Waals surface area contributed by atoms with Crippen molar-refractivity contribution in [2.45, 2.75) is 45.1 Å². The van der Waals surface area contributed by atoms with Crippen molar-refractivity contribution in [1.29, 1.82) is 0 Å². The third-order valence-electron chi connectivity index (χ3n) is 4.46. The Hall–Kier alpha value is -1.16. The first-order chi connectivity index (χ1) is 9.33. The lowest BCUT2D eigenvalue weighted by atomic mass is 10.2. The molecule has 2 aliphatic rings. The minimum atomic E-state index is 0.854. The number of aromatic nitrogens is 2. The van der Waals surface area contributed by atoms with Gasteiger partial charge in [-0.15, -0.1) is 0 Å². The molecule has 0 unspecified atom stereocenters. The lowest BCUT2D eigenvalue weighted by Gasteiger charge is -2.27. The highest BCUT2D eigenvalue weighted by Gasteiger charge is 2.24. The van der Waals surface area contributed by atoms with Gasteiger partial charge in [-0.25, -0.2) is 9.97 Å². The van der Waals surface area contributed by atoms with Crippen molar-refractivity contribution >= 4 is 5.82 Å². The standard InChI is InChI=1S/C15H24N4/c1-13-16-8-7-15(17-13)19-10-4-9-18(11-12-19)14-5-2-3-6-14/h7-8,14H,2-6,9-12H2,1H3. The van der Waals surface area contributed by atoms with Gasteiger partial charge in [-0.1, -0.05) is 12.8 Å². The summed E-state index contributed by atoms with van der Waals surface area (Å²) in [4.78, 5) is 13.9. The summed E-state index contributed by atoms with van der Waals surface area (Å²) in [7, 11) is 0. The molecule has 3 rings (SSSR count). The van der Waals surface area contributed by atoms with E-state index in [2.05, 4.69) is 19.8 Å². The first-order valence-electron chi connectivity index (χ1n) is 7.61. The van der Waals surface area contributed by atoms with Crippen LogP contribution in [0.5, 0.6) is 0 Å². The van der Waals surface area contributed by atoms with Gasteiger partial charge in [-0.2, -0.15) is 0 Å². The van der Waals surface area contributed by atoms with Crippen LogP contribution >= 0.6 is 0 Å². The normalized spacial score (nSPS) is 22.7. The van der Waals surface area contributed by atoms with Crippen LogP contribution in [0, 0.1) is 6.92 Å². The minimum Gasteiger partial charge on any atom is -0.355 e. The summed E-state index contributed by atoms with van der Waals surface area (Å²) in [5, 5.41) is 0. The molecule has 2 heterocycles. The van der Waals surface area contributed by atoms with Crippen LogP contribution < -0.4 is 4.90 Å². The van der Waals surface area contributed by atoms with E-state index in [1.807, 2.05) is 19.2 Å². The van der Waals surface area contributed by atoms with Crippen molar-refractivity contribution in [1.82, 2.24) is 14.9 Å². The van der Waals surface area contributed by atoms with Crippen molar-refractivity contribution in [3.8, 4) is 0 Å². The van der Waals surface area contributed by atoms with Gasteiger partial charge in [-0.3, -0.25) is 4.90 Å². The Morgan fingerprint density at radius 2 is 1.89 bits per heavy atom. The Kier molecular flexibility index (Phi) is 3.97. The number of anilines is 1. The van der Waals surface area contributed by atoms with Crippen LogP contribution in [0.2, 0.25) is 0 Å². The lowest BCUT2D eigenvalue weighted by molar-refractivity contribution is 0.213. The highest BCUT2D eigenvalue weighted by atomic mass is 15.3. The van der Waals surface area contributed by atoms with Crippen LogP contribution in [0.15, 0.2) is 12.3 Å². The Balaban J connectivity index is 1.63. The quantitative estimate of drug-likeness (QED) is 0.816. The van der Waals surface area contributed by atoms with E-state index in [0.29, 0.717) is 0 Å². The summed E-state index contributed by atoms with van der Waals surface area (Å²) >= 11 is 0. The Labute approximate surface area is 115 Å². The van der Waals surface area contributed by atoms with Gasteiger partial charge in [0.25, 0.3) is 0 Å². The molecule has 1 aliphatic carbocycles. The second kappa shape index (κ2) is 5.87. The van der Waals surface area contributed by atoms with Crippen LogP contribution in [0.25, 0.3) is 0 Å². The number of nitrogens with zero attached hydrogens (tertiary/aromatic N) is 4. The van der Waals surface area contributed by atoms with Gasteiger partial charge in [0.05, 0.1) is 0 Å². The van der Waals surface area contributed by atoms with Gasteiger partial charge in [0.1, 0.15) is 11.6 Å². The fourth-order valence-corrected chi connectivity index (χ4v) is 3.42. The Morgan fingerprint density at radius 1 is 1.05 bits per heavy atom. The van der Waals surface area contributed by atoms with E-state index in [-0.39, 0.29) is 0 Å². The van der Waals surface area contributed by atoms with Gasteiger partial charge in [0.15, 0.2) is 0 Å². The fraction of sp³-hybridized carbons (Fsp3) is 0.733. The van der Waals surface area contributed by atoms with Crippen molar-refractivity contribution in [3.63, 3.8) is 0 Å². The molecule has 0 N–H and O–H groups in total. The molecule has 1 aromatic heterocycles. The monoisotopic (exact) mass is 260 g/mol. The SMILES string of the molecule is Cc1nccc(N2CCCN(C3CCCC3)CC2)n1. The van der Waals surface area contributed by atoms with E-state index >= 15 is 0 Å². The van der Waals surface area contributed by atoms with Gasteiger partial charge in [-0.05, 0) is 32.3 Å². The van der Waals surface area contributed by atoms with Crippen molar-refractivity contribution in [2.75, 3.05) is 31.1 Å². The molecule has 4 nitrogen and oxygen atoms in total. The smallest absolute Gasteiger partial charge is 0.132 e. The molecule has 104 valence electrons. The first-order valence-corrected chi connectivity index (χ1v) is 7.61. The predicted octanol–water partition coefficient (Wildman–Crippen LogP) is 2.24. The summed E-state index contributed by atoms with van der Waals surface area (Å²) in [5.74, 6) is 1.97. The second-order valence-electron chi connectivity index (χ2n) is 5.78. The number of hydrogen-bond acceptors (Lipinski definition) is 4. The van der Waals surface area contributed by atoms with Crippen LogP contribution in [0.3, 0.4) is 0 Å². The van der Waals surface area contributed by atoms with Crippen LogP contribution in [0.4, 0.5) is 5.82 Å². The summed E-state index contributed by atoms with van der Waals surface area (Å²) in [6.45, 7) is 6.64. The molecule has 1 saturated heterocycles. The molecule has 0 aromatic carbocycles. The second-order valence-corrected chi connectivity index (χ2v) is 5.78. The maximum Gasteiger partial charge on any atom is 0.132 e. The predicted molar refractivity (Wildman–Crippen MR) is 77.4 cm³/mol. The molecular formula is C15H24N4. The molecule has 2 fully saturated rings. The lowest BCUT2D eigenvalue weighted by Crippen LogP contribution is -2.37. The average molecular weight is 260 g/mol.